The summed E-state index contributed by atoms with van der Waals surface area (Å²) in [5.41, 5.74) is 6.97. The zero-order chi connectivity index (χ0) is 18.4. The van der Waals surface area contributed by atoms with Crippen molar-refractivity contribution < 1.29 is 14.3 Å². The van der Waals surface area contributed by atoms with Crippen LogP contribution in [-0.4, -0.2) is 43.1 Å². The zero-order valence-electron chi connectivity index (χ0n) is 14.7. The largest absolute Gasteiger partial charge is 0.378 e. The molecule has 7 heteroatoms. The van der Waals surface area contributed by atoms with E-state index < -0.39 is 5.91 Å². The molecule has 1 aliphatic rings. The average molecular weight is 354 g/mol. The maximum Gasteiger partial charge on any atom is 0.273 e. The monoisotopic (exact) mass is 354 g/mol. The number of aromatic nitrogens is 1. The van der Waals surface area contributed by atoms with Gasteiger partial charge in [-0.05, 0) is 36.2 Å². The number of amides is 2. The summed E-state index contributed by atoms with van der Waals surface area (Å²) in [6.07, 6.45) is 2.55. The van der Waals surface area contributed by atoms with Crippen molar-refractivity contribution in [3.05, 3.63) is 59.3 Å². The second kappa shape index (κ2) is 8.44. The van der Waals surface area contributed by atoms with Crippen molar-refractivity contribution in [1.29, 1.82) is 0 Å². The summed E-state index contributed by atoms with van der Waals surface area (Å²) in [7, 11) is 0. The second-order valence-electron chi connectivity index (χ2n) is 5.93. The molecule has 1 aromatic carbocycles. The fourth-order valence-corrected chi connectivity index (χ4v) is 2.75. The number of anilines is 1. The van der Waals surface area contributed by atoms with E-state index in [0.29, 0.717) is 43.2 Å². The first-order chi connectivity index (χ1) is 12.7. The number of nitrogens with one attached hydrogen (secondary N) is 2. The quantitative estimate of drug-likeness (QED) is 0.814. The van der Waals surface area contributed by atoms with E-state index in [0.717, 1.165) is 12.0 Å². The molecule has 2 amide bonds. The Kier molecular flexibility index (Phi) is 5.80. The van der Waals surface area contributed by atoms with Gasteiger partial charge in [0.05, 0.1) is 18.8 Å². The Labute approximate surface area is 152 Å². The number of morpholine rings is 1. The van der Waals surface area contributed by atoms with Gasteiger partial charge in [-0.3, -0.25) is 20.4 Å². The van der Waals surface area contributed by atoms with Gasteiger partial charge < -0.3 is 9.64 Å². The first kappa shape index (κ1) is 17.9. The van der Waals surface area contributed by atoms with Gasteiger partial charge in [-0.1, -0.05) is 19.1 Å². The predicted molar refractivity (Wildman–Crippen MR) is 98.0 cm³/mol. The van der Waals surface area contributed by atoms with Gasteiger partial charge in [0.15, 0.2) is 0 Å². The van der Waals surface area contributed by atoms with Crippen LogP contribution >= 0.6 is 0 Å². The molecule has 2 N–H and O–H groups in total. The lowest BCUT2D eigenvalue weighted by Gasteiger charge is -2.29. The molecular formula is C19H22N4O3. The first-order valence-electron chi connectivity index (χ1n) is 8.66. The van der Waals surface area contributed by atoms with Crippen molar-refractivity contribution in [3.63, 3.8) is 0 Å². The van der Waals surface area contributed by atoms with E-state index in [-0.39, 0.29) is 5.91 Å². The van der Waals surface area contributed by atoms with Crippen LogP contribution in [0.2, 0.25) is 0 Å². The number of hydrogen-bond acceptors (Lipinski definition) is 5. The molecule has 2 heterocycles. The van der Waals surface area contributed by atoms with Gasteiger partial charge in [0.1, 0.15) is 5.82 Å². The summed E-state index contributed by atoms with van der Waals surface area (Å²) in [5.74, 6) is -0.175. The molecule has 0 spiro atoms. The van der Waals surface area contributed by atoms with Crippen LogP contribution in [0.4, 0.5) is 5.82 Å². The molecule has 0 radical (unpaired) electrons. The number of carbonyl (C=O) groups is 2. The highest BCUT2D eigenvalue weighted by Gasteiger charge is 2.20. The van der Waals surface area contributed by atoms with Crippen LogP contribution in [0.1, 0.15) is 33.2 Å². The highest BCUT2D eigenvalue weighted by molar-refractivity contribution is 6.01. The van der Waals surface area contributed by atoms with E-state index in [9.17, 15) is 9.59 Å². The summed E-state index contributed by atoms with van der Waals surface area (Å²) >= 11 is 0. The summed E-state index contributed by atoms with van der Waals surface area (Å²) in [5, 5.41) is 0. The van der Waals surface area contributed by atoms with Crippen molar-refractivity contribution in [2.24, 2.45) is 0 Å². The maximum absolute atomic E-state index is 12.5. The average Bonchev–Trinajstić information content (AvgIpc) is 2.72. The minimum Gasteiger partial charge on any atom is -0.378 e. The smallest absolute Gasteiger partial charge is 0.273 e. The topological polar surface area (TPSA) is 83.6 Å². The Morgan fingerprint density at radius 3 is 2.46 bits per heavy atom. The number of hydrogen-bond donors (Lipinski definition) is 2. The number of rotatable bonds is 4. The number of aryl methyl sites for hydroxylation is 1. The third kappa shape index (κ3) is 4.18. The van der Waals surface area contributed by atoms with Crippen LogP contribution in [0.25, 0.3) is 0 Å². The Morgan fingerprint density at radius 1 is 1.08 bits per heavy atom. The fourth-order valence-electron chi connectivity index (χ4n) is 2.75. The summed E-state index contributed by atoms with van der Waals surface area (Å²) in [4.78, 5) is 31.0. The maximum atomic E-state index is 12.5. The van der Waals surface area contributed by atoms with Crippen molar-refractivity contribution in [2.75, 3.05) is 31.2 Å². The summed E-state index contributed by atoms with van der Waals surface area (Å²) in [6, 6.07) is 10.7. The molecule has 7 nitrogen and oxygen atoms in total. The predicted octanol–water partition coefficient (Wildman–Crippen LogP) is 1.56. The zero-order valence-corrected chi connectivity index (χ0v) is 14.7. The highest BCUT2D eigenvalue weighted by Crippen LogP contribution is 2.18. The molecule has 1 aliphatic heterocycles. The van der Waals surface area contributed by atoms with E-state index >= 15 is 0 Å². The number of pyridine rings is 1. The van der Waals surface area contributed by atoms with Gasteiger partial charge in [-0.15, -0.1) is 0 Å². The van der Waals surface area contributed by atoms with Crippen LogP contribution in [0.15, 0.2) is 42.6 Å². The molecule has 0 saturated carbocycles. The third-order valence-corrected chi connectivity index (χ3v) is 4.26. The van der Waals surface area contributed by atoms with Crippen LogP contribution in [0.5, 0.6) is 0 Å². The number of hydrazine groups is 1. The number of carbonyl (C=O) groups excluding carboxylic acids is 2. The van der Waals surface area contributed by atoms with Crippen LogP contribution in [0, 0.1) is 0 Å². The van der Waals surface area contributed by atoms with Gasteiger partial charge in [-0.2, -0.15) is 0 Å². The van der Waals surface area contributed by atoms with Gasteiger partial charge in [0.2, 0.25) is 0 Å². The van der Waals surface area contributed by atoms with E-state index in [2.05, 4.69) is 22.8 Å². The van der Waals surface area contributed by atoms with E-state index in [1.54, 1.807) is 30.5 Å². The minimum absolute atomic E-state index is 0.363. The summed E-state index contributed by atoms with van der Waals surface area (Å²) < 4.78 is 5.34. The van der Waals surface area contributed by atoms with Crippen LogP contribution in [0.3, 0.4) is 0 Å². The molecule has 0 unspecified atom stereocenters. The molecule has 0 atom stereocenters. The molecule has 0 bridgehead atoms. The van der Waals surface area contributed by atoms with Gasteiger partial charge in [-0.25, -0.2) is 4.98 Å². The third-order valence-electron chi connectivity index (χ3n) is 4.26. The van der Waals surface area contributed by atoms with E-state index in [4.69, 9.17) is 4.74 Å². The fraction of sp³-hybridized carbons (Fsp3) is 0.316. The van der Waals surface area contributed by atoms with Crippen molar-refractivity contribution in [3.8, 4) is 0 Å². The Morgan fingerprint density at radius 2 is 1.77 bits per heavy atom. The van der Waals surface area contributed by atoms with Crippen LogP contribution in [-0.2, 0) is 11.2 Å². The van der Waals surface area contributed by atoms with Crippen LogP contribution < -0.4 is 15.8 Å². The Bertz CT molecular complexity index is 771. The molecule has 0 aliphatic carbocycles. The molecule has 2 aromatic rings. The molecule has 3 rings (SSSR count). The number of nitrogens with zero attached hydrogens (tertiary/aromatic N) is 2. The van der Waals surface area contributed by atoms with E-state index in [1.165, 1.54) is 0 Å². The SMILES string of the molecule is CCc1ccc(C(=O)NNC(=O)c2cccnc2N2CCOCC2)cc1. The number of ether oxygens (including phenoxy) is 1. The van der Waals surface area contributed by atoms with Crippen molar-refractivity contribution in [2.45, 2.75) is 13.3 Å². The standard InChI is InChI=1S/C19H22N4O3/c1-2-14-5-7-15(8-6-14)18(24)21-22-19(25)16-4-3-9-20-17(16)23-10-12-26-13-11-23/h3-9H,2,10-13H2,1H3,(H,21,24)(H,22,25). The first-order valence-corrected chi connectivity index (χ1v) is 8.66. The Balaban J connectivity index is 1.65. The van der Waals surface area contributed by atoms with Crippen molar-refractivity contribution in [1.82, 2.24) is 15.8 Å². The van der Waals surface area contributed by atoms with Gasteiger partial charge >= 0.3 is 0 Å². The lowest BCUT2D eigenvalue weighted by Crippen LogP contribution is -2.43. The normalized spacial score (nSPS) is 14.0. The molecule has 26 heavy (non-hydrogen) atoms. The molecule has 136 valence electrons. The molecular weight excluding hydrogens is 332 g/mol. The van der Waals surface area contributed by atoms with Gasteiger partial charge in [0, 0.05) is 24.8 Å². The second-order valence-corrected chi connectivity index (χ2v) is 5.93. The van der Waals surface area contributed by atoms with Gasteiger partial charge in [0.25, 0.3) is 11.8 Å². The highest BCUT2D eigenvalue weighted by atomic mass is 16.5. The molecule has 1 fully saturated rings. The molecule has 1 saturated heterocycles. The summed E-state index contributed by atoms with van der Waals surface area (Å²) in [6.45, 7) is 4.60. The lowest BCUT2D eigenvalue weighted by atomic mass is 10.1. The molecule has 1 aromatic heterocycles. The number of benzene rings is 1. The van der Waals surface area contributed by atoms with E-state index in [1.807, 2.05) is 17.0 Å². The Hall–Kier alpha value is -2.93. The lowest BCUT2D eigenvalue weighted by molar-refractivity contribution is 0.0846. The minimum atomic E-state index is -0.405. The van der Waals surface area contributed by atoms with Crippen molar-refractivity contribution >= 4 is 17.6 Å².